The molecule has 2 rings (SSSR count). The average Bonchev–Trinajstić information content (AvgIpc) is 3.17. The largest absolute Gasteiger partial charge is 0.460 e. The molecule has 0 aromatic heterocycles. The van der Waals surface area contributed by atoms with Crippen LogP contribution in [0, 0.1) is 5.92 Å². The number of nitrogens with zero attached hydrogens (tertiary/aromatic N) is 1. The van der Waals surface area contributed by atoms with Crippen molar-refractivity contribution in [3.63, 3.8) is 0 Å². The van der Waals surface area contributed by atoms with Gasteiger partial charge in [0.2, 0.25) is 5.91 Å². The molecule has 2 heterocycles. The Bertz CT molecular complexity index is 899. The number of ketones is 1. The molecule has 10 heteroatoms. The Morgan fingerprint density at radius 3 is 2.22 bits per heavy atom. The van der Waals surface area contributed by atoms with E-state index >= 15 is 0 Å². The maximum Gasteiger partial charge on any atom is 0.407 e. The van der Waals surface area contributed by atoms with Crippen molar-refractivity contribution in [1.29, 1.82) is 0 Å². The second-order valence-corrected chi connectivity index (χ2v) is 11.6. The zero-order valence-corrected chi connectivity index (χ0v) is 23.1. The van der Waals surface area contributed by atoms with E-state index in [1.807, 2.05) is 12.2 Å². The first-order valence-electron chi connectivity index (χ1n) is 12.9. The summed E-state index contributed by atoms with van der Waals surface area (Å²) in [5, 5.41) is 2.55. The summed E-state index contributed by atoms with van der Waals surface area (Å²) >= 11 is 0. The van der Waals surface area contributed by atoms with Crippen LogP contribution in [0.25, 0.3) is 0 Å². The van der Waals surface area contributed by atoms with Gasteiger partial charge in [0.05, 0.1) is 19.1 Å². The van der Waals surface area contributed by atoms with E-state index in [0.29, 0.717) is 19.3 Å². The number of Topliss-reactive ketones (excluding diaryl/α,β-unsaturated/α-hetero) is 1. The molecule has 0 aromatic carbocycles. The SMILES string of the molecule is COC(=O)N[C@H]1C/C=C\C[C@H]2CC[C@@H](C(=O)C[C@@H](CCC(=O)OC(C)(C)C)C(=O)OC(C)(C)C)N2C1=O. The number of fused-ring (bicyclic) bond motifs is 1. The molecule has 1 saturated heterocycles. The van der Waals surface area contributed by atoms with E-state index in [0.717, 1.165) is 0 Å². The Morgan fingerprint density at radius 1 is 1.00 bits per heavy atom. The van der Waals surface area contributed by atoms with Crippen molar-refractivity contribution in [3.05, 3.63) is 12.2 Å². The third-order valence-corrected chi connectivity index (χ3v) is 6.16. The molecule has 0 saturated carbocycles. The van der Waals surface area contributed by atoms with Crippen LogP contribution in [-0.2, 0) is 33.4 Å². The van der Waals surface area contributed by atoms with Crippen molar-refractivity contribution in [1.82, 2.24) is 10.2 Å². The number of carbonyl (C=O) groups excluding carboxylic acids is 5. The van der Waals surface area contributed by atoms with Crippen LogP contribution in [0.1, 0.15) is 86.5 Å². The molecule has 10 nitrogen and oxygen atoms in total. The van der Waals surface area contributed by atoms with E-state index in [2.05, 4.69) is 10.1 Å². The molecular weight excluding hydrogens is 480 g/mol. The molecular formula is C27H42N2O8. The van der Waals surface area contributed by atoms with Gasteiger partial charge in [0.25, 0.3) is 0 Å². The number of alkyl carbamates (subject to hydrolysis) is 1. The highest BCUT2D eigenvalue weighted by molar-refractivity contribution is 5.94. The van der Waals surface area contributed by atoms with E-state index in [4.69, 9.17) is 9.47 Å². The van der Waals surface area contributed by atoms with Crippen molar-refractivity contribution < 1.29 is 38.2 Å². The zero-order valence-electron chi connectivity index (χ0n) is 23.1. The molecule has 2 amide bonds. The summed E-state index contributed by atoms with van der Waals surface area (Å²) in [4.78, 5) is 65.6. The van der Waals surface area contributed by atoms with E-state index in [9.17, 15) is 24.0 Å². The maximum absolute atomic E-state index is 13.5. The van der Waals surface area contributed by atoms with Crippen LogP contribution in [0.3, 0.4) is 0 Å². The van der Waals surface area contributed by atoms with E-state index < -0.39 is 47.2 Å². The molecule has 0 aromatic rings. The van der Waals surface area contributed by atoms with Crippen molar-refractivity contribution in [3.8, 4) is 0 Å². The molecule has 0 spiro atoms. The molecule has 0 unspecified atom stereocenters. The van der Waals surface area contributed by atoms with Crippen LogP contribution >= 0.6 is 0 Å². The second kappa shape index (κ2) is 12.6. The summed E-state index contributed by atoms with van der Waals surface area (Å²) in [5.74, 6) is -2.49. The first-order valence-corrected chi connectivity index (χ1v) is 12.9. The van der Waals surface area contributed by atoms with Gasteiger partial charge in [0.1, 0.15) is 17.2 Å². The van der Waals surface area contributed by atoms with Crippen LogP contribution in [0.15, 0.2) is 12.2 Å². The lowest BCUT2D eigenvalue weighted by Gasteiger charge is -2.34. The fourth-order valence-electron chi connectivity index (χ4n) is 4.60. The van der Waals surface area contributed by atoms with Crippen LogP contribution in [0.4, 0.5) is 4.79 Å². The number of rotatable bonds is 8. The molecule has 0 bridgehead atoms. The van der Waals surface area contributed by atoms with Gasteiger partial charge in [-0.05, 0) is 73.6 Å². The highest BCUT2D eigenvalue weighted by Gasteiger charge is 2.44. The van der Waals surface area contributed by atoms with Crippen LogP contribution in [0.5, 0.6) is 0 Å². The fourth-order valence-corrected chi connectivity index (χ4v) is 4.60. The minimum Gasteiger partial charge on any atom is -0.460 e. The predicted molar refractivity (Wildman–Crippen MR) is 135 cm³/mol. The summed E-state index contributed by atoms with van der Waals surface area (Å²) in [6.45, 7) is 10.5. The number of esters is 2. The smallest absolute Gasteiger partial charge is 0.407 e. The van der Waals surface area contributed by atoms with Crippen molar-refractivity contribution >= 4 is 29.7 Å². The molecule has 37 heavy (non-hydrogen) atoms. The number of nitrogens with one attached hydrogen (secondary N) is 1. The summed E-state index contributed by atoms with van der Waals surface area (Å²) in [6.07, 6.45) is 4.95. The lowest BCUT2D eigenvalue weighted by Crippen LogP contribution is -2.54. The summed E-state index contributed by atoms with van der Waals surface area (Å²) < 4.78 is 15.5. The van der Waals surface area contributed by atoms with E-state index in [1.165, 1.54) is 7.11 Å². The van der Waals surface area contributed by atoms with Gasteiger partial charge >= 0.3 is 18.0 Å². The predicted octanol–water partition coefficient (Wildman–Crippen LogP) is 3.46. The molecule has 1 fully saturated rings. The summed E-state index contributed by atoms with van der Waals surface area (Å²) in [7, 11) is 1.22. The average molecular weight is 523 g/mol. The Balaban J connectivity index is 2.20. The van der Waals surface area contributed by atoms with Gasteiger partial charge in [-0.25, -0.2) is 4.79 Å². The maximum atomic E-state index is 13.5. The number of amides is 2. The number of hydrogen-bond acceptors (Lipinski definition) is 8. The molecule has 2 aliphatic rings. The number of methoxy groups -OCH3 is 1. The monoisotopic (exact) mass is 522 g/mol. The second-order valence-electron chi connectivity index (χ2n) is 11.6. The quantitative estimate of drug-likeness (QED) is 0.292. The van der Waals surface area contributed by atoms with Gasteiger partial charge in [-0.15, -0.1) is 0 Å². The van der Waals surface area contributed by atoms with Gasteiger partial charge < -0.3 is 24.4 Å². The highest BCUT2D eigenvalue weighted by Crippen LogP contribution is 2.32. The summed E-state index contributed by atoms with van der Waals surface area (Å²) in [6, 6.07) is -1.76. The molecule has 0 aliphatic carbocycles. The van der Waals surface area contributed by atoms with Crippen LogP contribution in [-0.4, -0.2) is 71.1 Å². The third kappa shape index (κ3) is 9.48. The molecule has 2 aliphatic heterocycles. The van der Waals surface area contributed by atoms with Crippen LogP contribution < -0.4 is 5.32 Å². The molecule has 4 atom stereocenters. The number of carbonyl (C=O) groups is 5. The Labute approximate surface area is 219 Å². The highest BCUT2D eigenvalue weighted by atomic mass is 16.6. The lowest BCUT2D eigenvalue weighted by molar-refractivity contribution is -0.162. The van der Waals surface area contributed by atoms with E-state index in [1.54, 1.807) is 46.4 Å². The Kier molecular flexibility index (Phi) is 10.3. The van der Waals surface area contributed by atoms with Crippen LogP contribution in [0.2, 0.25) is 0 Å². The number of ether oxygens (including phenoxy) is 3. The Hall–Kier alpha value is -2.91. The Morgan fingerprint density at radius 2 is 1.62 bits per heavy atom. The van der Waals surface area contributed by atoms with E-state index in [-0.39, 0.29) is 43.4 Å². The first kappa shape index (κ1) is 30.3. The normalized spacial score (nSPS) is 23.7. The third-order valence-electron chi connectivity index (χ3n) is 6.16. The lowest BCUT2D eigenvalue weighted by atomic mass is 9.92. The van der Waals surface area contributed by atoms with Crippen molar-refractivity contribution in [2.75, 3.05) is 7.11 Å². The molecule has 1 N–H and O–H groups in total. The van der Waals surface area contributed by atoms with Gasteiger partial charge in [-0.1, -0.05) is 12.2 Å². The summed E-state index contributed by atoms with van der Waals surface area (Å²) in [5.41, 5.74) is -1.43. The van der Waals surface area contributed by atoms with Crippen molar-refractivity contribution in [2.45, 2.75) is 116 Å². The minimum atomic E-state index is -0.855. The molecule has 208 valence electrons. The van der Waals surface area contributed by atoms with Gasteiger partial charge in [0.15, 0.2) is 5.78 Å². The van der Waals surface area contributed by atoms with Gasteiger partial charge in [-0.3, -0.25) is 19.2 Å². The zero-order chi connectivity index (χ0) is 28.0. The number of hydrogen-bond donors (Lipinski definition) is 1. The molecule has 0 radical (unpaired) electrons. The van der Waals surface area contributed by atoms with Gasteiger partial charge in [-0.2, -0.15) is 0 Å². The van der Waals surface area contributed by atoms with Crippen molar-refractivity contribution in [2.24, 2.45) is 5.92 Å². The fraction of sp³-hybridized carbons (Fsp3) is 0.741. The minimum absolute atomic E-state index is 0.0414. The van der Waals surface area contributed by atoms with Gasteiger partial charge in [0, 0.05) is 18.9 Å². The standard InChI is InChI=1S/C27H42N2O8/c1-26(2,3)36-22(31)15-12-17(24(33)37-27(4,5)6)16-21(30)20-14-13-18-10-8-9-11-19(23(32)29(18)20)28-25(34)35-7/h8-9,17-20H,10-16H2,1-7H3,(H,28,34)/b9-8-/t17-,18+,19+,20+/m1/s1. The topological polar surface area (TPSA) is 128 Å². The first-order chi connectivity index (χ1) is 17.1.